The van der Waals surface area contributed by atoms with Crippen LogP contribution < -0.4 is 10.1 Å². The van der Waals surface area contributed by atoms with Gasteiger partial charge in [-0.25, -0.2) is 4.98 Å². The third-order valence-corrected chi connectivity index (χ3v) is 4.42. The summed E-state index contributed by atoms with van der Waals surface area (Å²) < 4.78 is 5.89. The van der Waals surface area contributed by atoms with Gasteiger partial charge in [0.1, 0.15) is 17.4 Å². The molecule has 0 amide bonds. The first-order valence-electron chi connectivity index (χ1n) is 7.54. The van der Waals surface area contributed by atoms with Crippen LogP contribution in [0.4, 0.5) is 0 Å². The van der Waals surface area contributed by atoms with E-state index in [1.165, 1.54) is 11.1 Å². The fraction of sp³-hybridized carbons (Fsp3) is 0.471. The number of rotatable bonds is 8. The number of thiazole rings is 1. The maximum atomic E-state index is 5.89. The van der Waals surface area contributed by atoms with Crippen molar-refractivity contribution < 1.29 is 4.74 Å². The first kappa shape index (κ1) is 16.9. The molecule has 5 heteroatoms. The van der Waals surface area contributed by atoms with E-state index in [4.69, 9.17) is 4.74 Å². The molecular formula is C17H25N3OS. The quantitative estimate of drug-likeness (QED) is 0.759. The van der Waals surface area contributed by atoms with Crippen LogP contribution in [0.25, 0.3) is 0 Å². The average molecular weight is 319 g/mol. The Hall–Kier alpha value is -1.43. The highest BCUT2D eigenvalue weighted by molar-refractivity contribution is 7.09. The van der Waals surface area contributed by atoms with E-state index in [-0.39, 0.29) is 0 Å². The fourth-order valence-electron chi connectivity index (χ4n) is 2.04. The smallest absolute Gasteiger partial charge is 0.140 e. The van der Waals surface area contributed by atoms with Crippen molar-refractivity contribution in [2.75, 3.05) is 27.2 Å². The molecule has 0 aliphatic carbocycles. The van der Waals surface area contributed by atoms with Crippen molar-refractivity contribution >= 4 is 11.3 Å². The zero-order valence-corrected chi connectivity index (χ0v) is 14.7. The Morgan fingerprint density at radius 2 is 2.09 bits per heavy atom. The molecule has 0 fully saturated rings. The average Bonchev–Trinajstić information content (AvgIpc) is 2.93. The predicted octanol–water partition coefficient (Wildman–Crippen LogP) is 2.99. The van der Waals surface area contributed by atoms with Crippen LogP contribution in [0.15, 0.2) is 23.6 Å². The van der Waals surface area contributed by atoms with Gasteiger partial charge in [0.05, 0.1) is 5.69 Å². The molecule has 0 unspecified atom stereocenters. The summed E-state index contributed by atoms with van der Waals surface area (Å²) in [5.41, 5.74) is 3.54. The van der Waals surface area contributed by atoms with Crippen molar-refractivity contribution in [3.05, 3.63) is 45.4 Å². The molecule has 0 saturated carbocycles. The number of aryl methyl sites for hydroxylation is 1. The molecule has 0 bridgehead atoms. The summed E-state index contributed by atoms with van der Waals surface area (Å²) in [4.78, 5) is 6.78. The summed E-state index contributed by atoms with van der Waals surface area (Å²) in [6.45, 7) is 7.54. The van der Waals surface area contributed by atoms with E-state index < -0.39 is 0 Å². The summed E-state index contributed by atoms with van der Waals surface area (Å²) in [5.74, 6) is 0.945. The van der Waals surface area contributed by atoms with Gasteiger partial charge in [-0.15, -0.1) is 11.3 Å². The summed E-state index contributed by atoms with van der Waals surface area (Å²) in [6.07, 6.45) is 0. The number of nitrogens with zero attached hydrogens (tertiary/aromatic N) is 2. The normalized spacial score (nSPS) is 11.1. The molecule has 0 spiro atoms. The second-order valence-electron chi connectivity index (χ2n) is 5.70. The second-order valence-corrected chi connectivity index (χ2v) is 6.64. The van der Waals surface area contributed by atoms with Crippen LogP contribution >= 0.6 is 11.3 Å². The highest BCUT2D eigenvalue weighted by atomic mass is 32.1. The van der Waals surface area contributed by atoms with Gasteiger partial charge >= 0.3 is 0 Å². The molecule has 0 radical (unpaired) electrons. The second kappa shape index (κ2) is 8.27. The van der Waals surface area contributed by atoms with Crippen molar-refractivity contribution in [1.82, 2.24) is 15.2 Å². The van der Waals surface area contributed by atoms with Gasteiger partial charge < -0.3 is 15.0 Å². The molecule has 2 rings (SSSR count). The molecule has 0 aliphatic heterocycles. The molecule has 1 heterocycles. The highest BCUT2D eigenvalue weighted by Crippen LogP contribution is 2.22. The van der Waals surface area contributed by atoms with Gasteiger partial charge in [0.15, 0.2) is 0 Å². The maximum Gasteiger partial charge on any atom is 0.140 e. The van der Waals surface area contributed by atoms with Crippen LogP contribution in [0.3, 0.4) is 0 Å². The molecule has 0 aliphatic rings. The summed E-state index contributed by atoms with van der Waals surface area (Å²) in [6, 6.07) is 6.14. The number of aromatic nitrogens is 1. The van der Waals surface area contributed by atoms with Crippen LogP contribution in [0.5, 0.6) is 5.75 Å². The Labute approximate surface area is 137 Å². The molecule has 0 saturated heterocycles. The minimum atomic E-state index is 0.534. The van der Waals surface area contributed by atoms with E-state index in [9.17, 15) is 0 Å². The number of hydrogen-bond acceptors (Lipinski definition) is 5. The standard InChI is InChI=1S/C17H25N3OS/c1-13-6-5-7-16(14(13)2)21-11-17-19-15(12-22-17)10-18-8-9-20(3)4/h5-7,12,18H,8-11H2,1-4H3. The molecule has 2 aromatic rings. The van der Waals surface area contributed by atoms with E-state index in [0.717, 1.165) is 36.1 Å². The van der Waals surface area contributed by atoms with Crippen molar-refractivity contribution in [2.45, 2.75) is 27.0 Å². The molecule has 1 aromatic heterocycles. The molecule has 4 nitrogen and oxygen atoms in total. The lowest BCUT2D eigenvalue weighted by Crippen LogP contribution is -2.26. The Kier molecular flexibility index (Phi) is 6.36. The first-order valence-corrected chi connectivity index (χ1v) is 8.42. The van der Waals surface area contributed by atoms with Crippen LogP contribution in [0.1, 0.15) is 21.8 Å². The lowest BCUT2D eigenvalue weighted by Gasteiger charge is -2.09. The Morgan fingerprint density at radius 3 is 2.86 bits per heavy atom. The zero-order valence-electron chi connectivity index (χ0n) is 13.8. The van der Waals surface area contributed by atoms with E-state index in [1.807, 2.05) is 12.1 Å². The number of hydrogen-bond donors (Lipinski definition) is 1. The molecule has 1 N–H and O–H groups in total. The van der Waals surface area contributed by atoms with Crippen molar-refractivity contribution in [1.29, 1.82) is 0 Å². The SMILES string of the molecule is Cc1cccc(OCc2nc(CNCCN(C)C)cs2)c1C. The Bertz CT molecular complexity index is 595. The largest absolute Gasteiger partial charge is 0.486 e. The van der Waals surface area contributed by atoms with E-state index >= 15 is 0 Å². The lowest BCUT2D eigenvalue weighted by atomic mass is 10.1. The van der Waals surface area contributed by atoms with Crippen LogP contribution in [0, 0.1) is 13.8 Å². The topological polar surface area (TPSA) is 37.4 Å². The maximum absolute atomic E-state index is 5.89. The summed E-state index contributed by atoms with van der Waals surface area (Å²) in [5, 5.41) is 6.52. The van der Waals surface area contributed by atoms with Gasteiger partial charge in [-0.3, -0.25) is 0 Å². The van der Waals surface area contributed by atoms with Crippen molar-refractivity contribution in [3.8, 4) is 5.75 Å². The third-order valence-electron chi connectivity index (χ3n) is 3.55. The molecule has 1 aromatic carbocycles. The third kappa shape index (κ3) is 5.09. The van der Waals surface area contributed by atoms with Crippen molar-refractivity contribution in [2.24, 2.45) is 0 Å². The van der Waals surface area contributed by atoms with Gasteiger partial charge in [-0.1, -0.05) is 12.1 Å². The van der Waals surface area contributed by atoms with E-state index in [0.29, 0.717) is 6.61 Å². The first-order chi connectivity index (χ1) is 10.6. The molecular weight excluding hydrogens is 294 g/mol. The van der Waals surface area contributed by atoms with Crippen LogP contribution in [0.2, 0.25) is 0 Å². The molecule has 120 valence electrons. The minimum Gasteiger partial charge on any atom is -0.486 e. The lowest BCUT2D eigenvalue weighted by molar-refractivity contribution is 0.303. The van der Waals surface area contributed by atoms with E-state index in [2.05, 4.69) is 54.6 Å². The summed E-state index contributed by atoms with van der Waals surface area (Å²) >= 11 is 1.66. The van der Waals surface area contributed by atoms with Crippen LogP contribution in [-0.4, -0.2) is 37.1 Å². The van der Waals surface area contributed by atoms with Gasteiger partial charge in [0.25, 0.3) is 0 Å². The minimum absolute atomic E-state index is 0.534. The monoisotopic (exact) mass is 319 g/mol. The van der Waals surface area contributed by atoms with Gasteiger partial charge in [-0.2, -0.15) is 0 Å². The predicted molar refractivity (Wildman–Crippen MR) is 92.6 cm³/mol. The highest BCUT2D eigenvalue weighted by Gasteiger charge is 2.05. The molecule has 0 atom stereocenters. The van der Waals surface area contributed by atoms with Gasteiger partial charge in [0.2, 0.25) is 0 Å². The van der Waals surface area contributed by atoms with Crippen molar-refractivity contribution in [3.63, 3.8) is 0 Å². The number of benzene rings is 1. The zero-order chi connectivity index (χ0) is 15.9. The van der Waals surface area contributed by atoms with Gasteiger partial charge in [0, 0.05) is 25.0 Å². The Morgan fingerprint density at radius 1 is 1.27 bits per heavy atom. The Balaban J connectivity index is 1.81. The summed E-state index contributed by atoms with van der Waals surface area (Å²) in [7, 11) is 4.15. The van der Waals surface area contributed by atoms with Crippen LogP contribution in [-0.2, 0) is 13.2 Å². The van der Waals surface area contributed by atoms with Gasteiger partial charge in [-0.05, 0) is 45.1 Å². The van der Waals surface area contributed by atoms with E-state index in [1.54, 1.807) is 11.3 Å². The number of nitrogens with one attached hydrogen (secondary N) is 1. The fourth-order valence-corrected chi connectivity index (χ4v) is 2.74. The molecule has 22 heavy (non-hydrogen) atoms. The number of ether oxygens (including phenoxy) is 1. The number of likely N-dealkylation sites (N-methyl/N-ethyl adjacent to an activating group) is 1.